The number of carbonyl (C=O) groups is 4. The summed E-state index contributed by atoms with van der Waals surface area (Å²) >= 11 is 12.0. The van der Waals surface area contributed by atoms with Gasteiger partial charge in [-0.15, -0.1) is 0 Å². The number of nitrogens with zero attached hydrogens (tertiary/aromatic N) is 4. The van der Waals surface area contributed by atoms with Crippen LogP contribution in [-0.2, 0) is 19.2 Å². The van der Waals surface area contributed by atoms with E-state index in [1.165, 1.54) is 0 Å². The van der Waals surface area contributed by atoms with E-state index in [0.29, 0.717) is 32.8 Å². The number of carbonyl (C=O) groups excluding carboxylic acids is 4. The molecule has 186 valence electrons. The first-order chi connectivity index (χ1) is 17.8. The summed E-state index contributed by atoms with van der Waals surface area (Å²) in [6, 6.07) is 15.6. The van der Waals surface area contributed by atoms with Gasteiger partial charge in [0, 0.05) is 35.6 Å². The van der Waals surface area contributed by atoms with Crippen molar-refractivity contribution in [2.24, 2.45) is 11.8 Å². The molecule has 0 bridgehead atoms. The van der Waals surface area contributed by atoms with Crippen molar-refractivity contribution in [3.63, 3.8) is 0 Å². The Balaban J connectivity index is 1.45. The number of likely N-dealkylation sites (N-methyl/N-ethyl adjacent to an activating group) is 1. The Morgan fingerprint density at radius 2 is 1.35 bits per heavy atom. The minimum Gasteiger partial charge on any atom is -0.360 e. The molecule has 0 aliphatic carbocycles. The van der Waals surface area contributed by atoms with Crippen LogP contribution in [0.4, 0.5) is 17.1 Å². The second kappa shape index (κ2) is 8.68. The number of halogens is 2. The summed E-state index contributed by atoms with van der Waals surface area (Å²) in [4.78, 5) is 63.1. The maximum absolute atomic E-state index is 13.9. The average Bonchev–Trinajstić information content (AvgIpc) is 3.32. The summed E-state index contributed by atoms with van der Waals surface area (Å²) in [5.74, 6) is -4.16. The van der Waals surface area contributed by atoms with Crippen molar-refractivity contribution < 1.29 is 19.2 Å². The highest BCUT2D eigenvalue weighted by molar-refractivity contribution is 6.31. The Labute approximate surface area is 222 Å². The van der Waals surface area contributed by atoms with Crippen LogP contribution < -0.4 is 14.7 Å². The predicted molar refractivity (Wildman–Crippen MR) is 139 cm³/mol. The van der Waals surface area contributed by atoms with Crippen LogP contribution in [0.2, 0.25) is 10.0 Å². The van der Waals surface area contributed by atoms with Crippen molar-refractivity contribution in [2.45, 2.75) is 18.4 Å². The molecule has 0 N–H and O–H groups in total. The van der Waals surface area contributed by atoms with Gasteiger partial charge in [-0.05, 0) is 60.7 Å². The highest BCUT2D eigenvalue weighted by atomic mass is 35.5. The molecule has 3 aliphatic heterocycles. The third kappa shape index (κ3) is 3.54. The van der Waals surface area contributed by atoms with Gasteiger partial charge in [-0.1, -0.05) is 23.2 Å². The van der Waals surface area contributed by atoms with E-state index < -0.39 is 41.5 Å². The van der Waals surface area contributed by atoms with Gasteiger partial charge in [0.1, 0.15) is 6.04 Å². The number of pyridine rings is 1. The molecule has 37 heavy (non-hydrogen) atoms. The lowest BCUT2D eigenvalue weighted by molar-refractivity contribution is -0.124. The zero-order chi connectivity index (χ0) is 26.0. The average molecular weight is 535 g/mol. The van der Waals surface area contributed by atoms with E-state index in [4.69, 9.17) is 23.2 Å². The van der Waals surface area contributed by atoms with Gasteiger partial charge in [0.05, 0.1) is 34.6 Å². The van der Waals surface area contributed by atoms with Crippen molar-refractivity contribution in [1.29, 1.82) is 0 Å². The summed E-state index contributed by atoms with van der Waals surface area (Å²) in [5, 5.41) is 0.956. The van der Waals surface area contributed by atoms with E-state index in [0.717, 1.165) is 9.80 Å². The lowest BCUT2D eigenvalue weighted by Gasteiger charge is -2.40. The third-order valence-corrected chi connectivity index (χ3v) is 7.92. The van der Waals surface area contributed by atoms with Gasteiger partial charge in [-0.25, -0.2) is 4.90 Å². The van der Waals surface area contributed by atoms with Gasteiger partial charge in [0.25, 0.3) is 5.91 Å². The van der Waals surface area contributed by atoms with Crippen LogP contribution in [0.15, 0.2) is 66.9 Å². The summed E-state index contributed by atoms with van der Waals surface area (Å²) < 4.78 is 0. The van der Waals surface area contributed by atoms with Gasteiger partial charge in [0.15, 0.2) is 0 Å². The first-order valence-corrected chi connectivity index (χ1v) is 12.5. The van der Waals surface area contributed by atoms with E-state index in [2.05, 4.69) is 4.98 Å². The van der Waals surface area contributed by atoms with E-state index in [1.54, 1.807) is 72.7 Å². The normalized spacial score (nSPS) is 25.1. The number of fused-ring (bicyclic) bond motifs is 2. The number of benzene rings is 2. The molecule has 4 heterocycles. The fourth-order valence-corrected chi connectivity index (χ4v) is 6.05. The van der Waals surface area contributed by atoms with E-state index >= 15 is 0 Å². The van der Waals surface area contributed by atoms with Crippen molar-refractivity contribution in [2.75, 3.05) is 21.7 Å². The maximum Gasteiger partial charge on any atom is 0.257 e. The van der Waals surface area contributed by atoms with Gasteiger partial charge in [0.2, 0.25) is 17.7 Å². The molecule has 3 aromatic rings. The summed E-state index contributed by atoms with van der Waals surface area (Å²) in [6.07, 6.45) is 1.49. The van der Waals surface area contributed by atoms with Gasteiger partial charge >= 0.3 is 0 Å². The largest absolute Gasteiger partial charge is 0.360 e. The minimum absolute atomic E-state index is 0.0997. The molecule has 2 fully saturated rings. The highest BCUT2D eigenvalue weighted by Gasteiger charge is 2.61. The summed E-state index contributed by atoms with van der Waals surface area (Å²) in [5.41, 5.74) is 1.98. The number of hydrogen-bond donors (Lipinski definition) is 0. The molecule has 2 aromatic carbocycles. The van der Waals surface area contributed by atoms with Gasteiger partial charge < -0.3 is 4.90 Å². The number of amides is 4. The molecule has 0 saturated carbocycles. The zero-order valence-corrected chi connectivity index (χ0v) is 21.1. The fraction of sp³-hybridized carbons (Fsp3) is 0.222. The minimum atomic E-state index is -0.900. The topological polar surface area (TPSA) is 90.9 Å². The molecule has 1 unspecified atom stereocenters. The molecule has 2 saturated heterocycles. The summed E-state index contributed by atoms with van der Waals surface area (Å²) in [7, 11) is 1.74. The van der Waals surface area contributed by atoms with Crippen LogP contribution in [0.3, 0.4) is 0 Å². The lowest BCUT2D eigenvalue weighted by Crippen LogP contribution is -2.50. The maximum atomic E-state index is 13.9. The molecule has 4 amide bonds. The van der Waals surface area contributed by atoms with Crippen LogP contribution in [0.5, 0.6) is 0 Å². The lowest BCUT2D eigenvalue weighted by atomic mass is 9.72. The van der Waals surface area contributed by atoms with Crippen LogP contribution in [0, 0.1) is 11.8 Å². The molecule has 4 atom stereocenters. The molecule has 10 heteroatoms. The second-order valence-electron chi connectivity index (χ2n) is 9.36. The molecule has 0 radical (unpaired) electrons. The van der Waals surface area contributed by atoms with Crippen molar-refractivity contribution in [3.05, 3.63) is 82.6 Å². The molecule has 1 aromatic heterocycles. The quantitative estimate of drug-likeness (QED) is 0.470. The Hall–Kier alpha value is -3.75. The first-order valence-electron chi connectivity index (χ1n) is 11.7. The van der Waals surface area contributed by atoms with Crippen molar-refractivity contribution in [3.8, 4) is 0 Å². The Morgan fingerprint density at radius 1 is 0.757 bits per heavy atom. The number of imide groups is 2. The monoisotopic (exact) mass is 534 g/mol. The smallest absolute Gasteiger partial charge is 0.257 e. The van der Waals surface area contributed by atoms with Crippen LogP contribution in [-0.4, -0.2) is 41.7 Å². The standard InChI is InChI=1S/C27H20Cl2N4O4/c1-31-19-3-2-12-30-23(19)21(18-13-20(34)32(25(18)35)16-8-4-14(28)5-9-16)22-24(31)27(37)33(26(22)36)17-10-6-15(29)7-11-17/h2-12,18,21-22,24H,13H2,1H3/t18?,21-,22+,24-/m1/s1. The molecular formula is C27H20Cl2N4O4. The molecule has 8 nitrogen and oxygen atoms in total. The molecule has 6 rings (SSSR count). The number of rotatable bonds is 3. The van der Waals surface area contributed by atoms with Crippen LogP contribution >= 0.6 is 23.2 Å². The van der Waals surface area contributed by atoms with Gasteiger partial charge in [-0.2, -0.15) is 0 Å². The Kier molecular flexibility index (Phi) is 5.54. The third-order valence-electron chi connectivity index (χ3n) is 7.42. The first kappa shape index (κ1) is 23.6. The van der Waals surface area contributed by atoms with Crippen LogP contribution in [0.1, 0.15) is 18.0 Å². The van der Waals surface area contributed by atoms with Crippen molar-refractivity contribution in [1.82, 2.24) is 4.98 Å². The van der Waals surface area contributed by atoms with E-state index in [1.807, 2.05) is 6.07 Å². The SMILES string of the molecule is CN1c2cccnc2[C@H](C2CC(=O)N(c3ccc(Cl)cc3)C2=O)[C@@H]2C(=O)N(c3ccc(Cl)cc3)C(=O)[C@@H]21. The number of hydrogen-bond acceptors (Lipinski definition) is 6. The van der Waals surface area contributed by atoms with Crippen LogP contribution in [0.25, 0.3) is 0 Å². The Morgan fingerprint density at radius 3 is 1.97 bits per heavy atom. The molecular weight excluding hydrogens is 515 g/mol. The number of anilines is 3. The predicted octanol–water partition coefficient (Wildman–Crippen LogP) is 4.06. The Bertz CT molecular complexity index is 1460. The summed E-state index contributed by atoms with van der Waals surface area (Å²) in [6.45, 7) is 0. The highest BCUT2D eigenvalue weighted by Crippen LogP contribution is 2.51. The number of aromatic nitrogens is 1. The van der Waals surface area contributed by atoms with E-state index in [-0.39, 0.29) is 12.3 Å². The van der Waals surface area contributed by atoms with Gasteiger partial charge in [-0.3, -0.25) is 29.1 Å². The zero-order valence-electron chi connectivity index (χ0n) is 19.5. The van der Waals surface area contributed by atoms with E-state index in [9.17, 15) is 19.2 Å². The van der Waals surface area contributed by atoms with Crippen molar-refractivity contribution >= 4 is 63.9 Å². The molecule has 0 spiro atoms. The molecule has 3 aliphatic rings. The fourth-order valence-electron chi connectivity index (χ4n) is 5.80. The second-order valence-corrected chi connectivity index (χ2v) is 10.2.